The summed E-state index contributed by atoms with van der Waals surface area (Å²) in [5, 5.41) is 0. The summed E-state index contributed by atoms with van der Waals surface area (Å²) in [4.78, 5) is 26.0. The first-order valence-electron chi connectivity index (χ1n) is 27.0. The molecule has 11 nitrogen and oxygen atoms in total. The number of ether oxygens (including phenoxy) is 9. The van der Waals surface area contributed by atoms with E-state index < -0.39 is 5.97 Å². The van der Waals surface area contributed by atoms with Gasteiger partial charge in [-0.15, -0.1) is 0 Å². The molecule has 0 aliphatic carbocycles. The summed E-state index contributed by atoms with van der Waals surface area (Å²) < 4.78 is 50.6. The molecule has 1 heterocycles. The maximum Gasteiger partial charge on any atom is 0.338 e. The molecule has 69 heavy (non-hydrogen) atoms. The Morgan fingerprint density at radius 2 is 1.09 bits per heavy atom. The highest BCUT2D eigenvalue weighted by molar-refractivity contribution is 5.91. The minimum Gasteiger partial charge on any atom is -0.487 e. The van der Waals surface area contributed by atoms with Crippen molar-refractivity contribution in [3.8, 4) is 28.7 Å². The molecular formula is C58H96O11. The fourth-order valence-corrected chi connectivity index (χ4v) is 9.56. The molecule has 1 aliphatic heterocycles. The molecule has 2 aromatic carbocycles. The molecule has 0 amide bonds. The van der Waals surface area contributed by atoms with Gasteiger partial charge in [0.25, 0.3) is 0 Å². The number of unbranched alkanes of at least 4 members (excludes halogenated alkanes) is 12. The third-order valence-corrected chi connectivity index (χ3v) is 14.1. The van der Waals surface area contributed by atoms with E-state index in [0.717, 1.165) is 104 Å². The number of carbonyl (C=O) groups is 2. The van der Waals surface area contributed by atoms with E-state index in [-0.39, 0.29) is 54.8 Å². The molecule has 3 atom stereocenters. The first-order valence-corrected chi connectivity index (χ1v) is 27.0. The second kappa shape index (κ2) is 33.9. The summed E-state index contributed by atoms with van der Waals surface area (Å²) in [6.07, 6.45) is 28.7. The SMILES string of the molecule is COCOc1cc(C(=O)OCCCCCCCCCCCCCCCC(=O)Oc2c(C)c(C)c3c(c2C)CCC(C)(CCCC(C)CCCC(C)CCCC(C)C)O3)cc(OCOC)c1OCOC. The van der Waals surface area contributed by atoms with Gasteiger partial charge in [0.1, 0.15) is 17.1 Å². The predicted molar refractivity (Wildman–Crippen MR) is 277 cm³/mol. The van der Waals surface area contributed by atoms with Gasteiger partial charge in [0.15, 0.2) is 31.9 Å². The number of fused-ring (bicyclic) bond motifs is 1. The Kier molecular flexibility index (Phi) is 29.4. The summed E-state index contributed by atoms with van der Waals surface area (Å²) in [5.41, 5.74) is 4.54. The normalized spacial score (nSPS) is 15.4. The molecule has 0 aromatic heterocycles. The number of benzene rings is 2. The van der Waals surface area contributed by atoms with Crippen LogP contribution >= 0.6 is 0 Å². The number of esters is 2. The molecule has 11 heteroatoms. The van der Waals surface area contributed by atoms with E-state index in [1.807, 2.05) is 0 Å². The van der Waals surface area contributed by atoms with Crippen LogP contribution in [0.5, 0.6) is 28.7 Å². The molecule has 0 N–H and O–H groups in total. The van der Waals surface area contributed by atoms with E-state index in [1.54, 1.807) is 12.1 Å². The maximum atomic E-state index is 13.1. The second-order valence-corrected chi connectivity index (χ2v) is 20.8. The Morgan fingerprint density at radius 1 is 0.594 bits per heavy atom. The van der Waals surface area contributed by atoms with Crippen LogP contribution in [-0.2, 0) is 30.2 Å². The molecule has 2 aromatic rings. The number of rotatable bonds is 39. The highest BCUT2D eigenvalue weighted by Crippen LogP contribution is 2.45. The lowest BCUT2D eigenvalue weighted by Crippen LogP contribution is -2.37. The van der Waals surface area contributed by atoms with Crippen molar-refractivity contribution in [3.63, 3.8) is 0 Å². The molecule has 0 spiro atoms. The standard InChI is InChI=1S/C58H96O11/c1-43(2)28-25-29-44(3)30-26-31-45(4)32-27-35-58(8)36-34-50-48(7)54(46(5)47(6)55(50)69-58)68-53(59)33-23-21-19-17-15-13-12-14-16-18-20-22-24-37-64-57(60)49-38-51(65-40-61-9)56(67-42-63-11)52(39-49)66-41-62-10/h38-39,43-45H,12-37,40-42H2,1-11H3. The van der Waals surface area contributed by atoms with Crippen molar-refractivity contribution in [2.45, 2.75) is 222 Å². The fourth-order valence-electron chi connectivity index (χ4n) is 9.56. The summed E-state index contributed by atoms with van der Waals surface area (Å²) in [6.45, 7) is 18.4. The van der Waals surface area contributed by atoms with Crippen LogP contribution in [0.25, 0.3) is 0 Å². The fraction of sp³-hybridized carbons (Fsp3) is 0.759. The molecule has 0 saturated heterocycles. The van der Waals surface area contributed by atoms with Gasteiger partial charge in [-0.1, -0.05) is 143 Å². The zero-order valence-electron chi connectivity index (χ0n) is 45.4. The summed E-state index contributed by atoms with van der Waals surface area (Å²) in [5.74, 6) is 4.43. The third kappa shape index (κ3) is 22.6. The number of hydrogen-bond acceptors (Lipinski definition) is 11. The van der Waals surface area contributed by atoms with Crippen molar-refractivity contribution >= 4 is 11.9 Å². The number of hydrogen-bond donors (Lipinski definition) is 0. The van der Waals surface area contributed by atoms with E-state index in [4.69, 9.17) is 42.6 Å². The van der Waals surface area contributed by atoms with Crippen LogP contribution < -0.4 is 23.7 Å². The lowest BCUT2D eigenvalue weighted by molar-refractivity contribution is -0.134. The first kappa shape index (κ1) is 59.8. The van der Waals surface area contributed by atoms with E-state index in [0.29, 0.717) is 13.0 Å². The average molecular weight is 969 g/mol. The lowest BCUT2D eigenvalue weighted by Gasteiger charge is -2.38. The van der Waals surface area contributed by atoms with Gasteiger partial charge in [-0.05, 0) is 113 Å². The second-order valence-electron chi connectivity index (χ2n) is 20.8. The molecule has 0 bridgehead atoms. The van der Waals surface area contributed by atoms with Gasteiger partial charge in [0.05, 0.1) is 12.2 Å². The third-order valence-electron chi connectivity index (χ3n) is 14.1. The Labute approximate surface area is 419 Å². The molecule has 3 rings (SSSR count). The van der Waals surface area contributed by atoms with E-state index in [1.165, 1.54) is 123 Å². The van der Waals surface area contributed by atoms with Crippen LogP contribution in [0.1, 0.15) is 221 Å². The van der Waals surface area contributed by atoms with Crippen molar-refractivity contribution in [1.29, 1.82) is 0 Å². The summed E-state index contributed by atoms with van der Waals surface area (Å²) in [7, 11) is 4.52. The van der Waals surface area contributed by atoms with E-state index >= 15 is 0 Å². The Hall–Kier alpha value is -3.54. The number of methoxy groups -OCH3 is 3. The zero-order chi connectivity index (χ0) is 50.4. The largest absolute Gasteiger partial charge is 0.487 e. The van der Waals surface area contributed by atoms with E-state index in [9.17, 15) is 9.59 Å². The minimum atomic E-state index is -0.469. The molecule has 394 valence electrons. The lowest BCUT2D eigenvalue weighted by atomic mass is 9.83. The minimum absolute atomic E-state index is 0.0362. The van der Waals surface area contributed by atoms with Crippen LogP contribution in [-0.4, -0.2) is 65.9 Å². The molecule has 0 saturated carbocycles. The highest BCUT2D eigenvalue weighted by atomic mass is 16.7. The molecule has 3 unspecified atom stereocenters. The summed E-state index contributed by atoms with van der Waals surface area (Å²) >= 11 is 0. The predicted octanol–water partition coefficient (Wildman–Crippen LogP) is 15.3. The van der Waals surface area contributed by atoms with E-state index in [2.05, 4.69) is 55.4 Å². The van der Waals surface area contributed by atoms with Crippen molar-refractivity contribution in [3.05, 3.63) is 39.9 Å². The van der Waals surface area contributed by atoms with Crippen LogP contribution in [0.2, 0.25) is 0 Å². The van der Waals surface area contributed by atoms with Crippen molar-refractivity contribution in [2.24, 2.45) is 17.8 Å². The molecule has 0 radical (unpaired) electrons. The van der Waals surface area contributed by atoms with Crippen LogP contribution in [0.15, 0.2) is 12.1 Å². The van der Waals surface area contributed by atoms with Crippen molar-refractivity contribution in [1.82, 2.24) is 0 Å². The first-order chi connectivity index (χ1) is 33.2. The zero-order valence-corrected chi connectivity index (χ0v) is 45.4. The monoisotopic (exact) mass is 969 g/mol. The van der Waals surface area contributed by atoms with Crippen LogP contribution in [0.3, 0.4) is 0 Å². The van der Waals surface area contributed by atoms with Gasteiger partial charge in [-0.2, -0.15) is 0 Å². The molecule has 0 fully saturated rings. The van der Waals surface area contributed by atoms with Crippen LogP contribution in [0, 0.1) is 38.5 Å². The number of carbonyl (C=O) groups excluding carboxylic acids is 2. The topological polar surface area (TPSA) is 117 Å². The Balaban J connectivity index is 1.24. The van der Waals surface area contributed by atoms with Gasteiger partial charge >= 0.3 is 11.9 Å². The molecular weight excluding hydrogens is 873 g/mol. The Morgan fingerprint density at radius 3 is 1.62 bits per heavy atom. The van der Waals surface area contributed by atoms with Gasteiger partial charge in [-0.25, -0.2) is 4.79 Å². The quantitative estimate of drug-likeness (QED) is 0.0276. The van der Waals surface area contributed by atoms with Crippen LogP contribution in [0.4, 0.5) is 0 Å². The molecule has 1 aliphatic rings. The van der Waals surface area contributed by atoms with Gasteiger partial charge < -0.3 is 42.6 Å². The van der Waals surface area contributed by atoms with Gasteiger partial charge in [-0.3, -0.25) is 4.79 Å². The maximum absolute atomic E-state index is 13.1. The highest BCUT2D eigenvalue weighted by Gasteiger charge is 2.35. The van der Waals surface area contributed by atoms with Gasteiger partial charge in [0, 0.05) is 33.3 Å². The van der Waals surface area contributed by atoms with Crippen molar-refractivity contribution < 1.29 is 52.2 Å². The Bertz CT molecular complexity index is 1730. The average Bonchev–Trinajstić information content (AvgIpc) is 3.32. The van der Waals surface area contributed by atoms with Crippen molar-refractivity contribution in [2.75, 3.05) is 48.3 Å². The smallest absolute Gasteiger partial charge is 0.338 e. The van der Waals surface area contributed by atoms with Gasteiger partial charge in [0.2, 0.25) is 5.75 Å². The summed E-state index contributed by atoms with van der Waals surface area (Å²) in [6, 6.07) is 3.10.